The number of nitrogens with one attached hydrogen (secondary N) is 2. The third-order valence-corrected chi connectivity index (χ3v) is 4.45. The van der Waals surface area contributed by atoms with E-state index in [1.165, 1.54) is 0 Å². The van der Waals surface area contributed by atoms with Gasteiger partial charge in [-0.1, -0.05) is 26.8 Å². The molecule has 2 aromatic rings. The summed E-state index contributed by atoms with van der Waals surface area (Å²) in [6, 6.07) is 3.89. The zero-order chi connectivity index (χ0) is 18.8. The Hall–Kier alpha value is -2.15. The molecule has 0 spiro atoms. The molecule has 0 aliphatic heterocycles. The van der Waals surface area contributed by atoms with Crippen molar-refractivity contribution in [3.8, 4) is 5.88 Å². The fourth-order valence-electron chi connectivity index (χ4n) is 2.14. The minimum absolute atomic E-state index is 0.457. The van der Waals surface area contributed by atoms with Gasteiger partial charge in [-0.2, -0.15) is 0 Å². The summed E-state index contributed by atoms with van der Waals surface area (Å²) in [5.74, 6) is 1.90. The molecule has 0 saturated heterocycles. The van der Waals surface area contributed by atoms with Crippen molar-refractivity contribution < 1.29 is 4.74 Å². The van der Waals surface area contributed by atoms with Gasteiger partial charge in [-0.25, -0.2) is 15.0 Å². The van der Waals surface area contributed by atoms with Crippen LogP contribution in [-0.4, -0.2) is 29.1 Å². The van der Waals surface area contributed by atoms with Gasteiger partial charge in [-0.15, -0.1) is 11.3 Å². The molecule has 0 aliphatic carbocycles. The highest BCUT2D eigenvalue weighted by atomic mass is 32.1. The average molecular weight is 376 g/mol. The predicted molar refractivity (Wildman–Crippen MR) is 108 cm³/mol. The van der Waals surface area contributed by atoms with Gasteiger partial charge in [0.25, 0.3) is 0 Å². The molecule has 0 unspecified atom stereocenters. The zero-order valence-electron chi connectivity index (χ0n) is 16.1. The van der Waals surface area contributed by atoms with E-state index < -0.39 is 0 Å². The molecule has 2 aromatic heterocycles. The largest absolute Gasteiger partial charge is 0.478 e. The van der Waals surface area contributed by atoms with Crippen LogP contribution >= 0.6 is 11.3 Å². The monoisotopic (exact) mass is 375 g/mol. The van der Waals surface area contributed by atoms with Crippen LogP contribution < -0.4 is 15.4 Å². The molecule has 0 fully saturated rings. The van der Waals surface area contributed by atoms with Crippen molar-refractivity contribution in [2.45, 2.75) is 53.1 Å². The van der Waals surface area contributed by atoms with Gasteiger partial charge in [-0.05, 0) is 24.8 Å². The Morgan fingerprint density at radius 3 is 2.73 bits per heavy atom. The second-order valence-corrected chi connectivity index (χ2v) is 7.17. The minimum atomic E-state index is 0.457. The second kappa shape index (κ2) is 10.8. The molecular weight excluding hydrogens is 346 g/mol. The van der Waals surface area contributed by atoms with Crippen LogP contribution in [-0.2, 0) is 13.1 Å². The lowest BCUT2D eigenvalue weighted by Gasteiger charge is -2.10. The van der Waals surface area contributed by atoms with Gasteiger partial charge in [0.1, 0.15) is 5.01 Å². The summed E-state index contributed by atoms with van der Waals surface area (Å²) in [6.07, 6.45) is 2.79. The number of aliphatic imine (C=N–C) groups is 1. The summed E-state index contributed by atoms with van der Waals surface area (Å²) >= 11 is 1.68. The second-order valence-electron chi connectivity index (χ2n) is 6.22. The van der Waals surface area contributed by atoms with Crippen LogP contribution in [0.4, 0.5) is 0 Å². The first kappa shape index (κ1) is 20.2. The zero-order valence-corrected chi connectivity index (χ0v) is 16.9. The standard InChI is InChI=1S/C19H29N5OS/c1-5-9-25-17-8-7-15(10-21-17)11-22-19(20-6-2)23-12-18-24-16(13-26-18)14(3)4/h7-8,10,13-14H,5-6,9,11-12H2,1-4H3,(H2,20,22,23). The number of rotatable bonds is 9. The van der Waals surface area contributed by atoms with Crippen LogP contribution in [0.3, 0.4) is 0 Å². The highest BCUT2D eigenvalue weighted by molar-refractivity contribution is 7.09. The highest BCUT2D eigenvalue weighted by Gasteiger charge is 2.06. The van der Waals surface area contributed by atoms with Crippen molar-refractivity contribution in [1.82, 2.24) is 20.6 Å². The lowest BCUT2D eigenvalue weighted by molar-refractivity contribution is 0.305. The van der Waals surface area contributed by atoms with Gasteiger partial charge in [0.2, 0.25) is 5.88 Å². The number of ether oxygens (including phenoxy) is 1. The Kier molecular flexibility index (Phi) is 8.34. The van der Waals surface area contributed by atoms with Crippen LogP contribution in [0.1, 0.15) is 56.3 Å². The molecule has 0 radical (unpaired) electrons. The number of hydrogen-bond acceptors (Lipinski definition) is 5. The van der Waals surface area contributed by atoms with Crippen molar-refractivity contribution >= 4 is 17.3 Å². The van der Waals surface area contributed by atoms with Crippen LogP contribution in [0.5, 0.6) is 5.88 Å². The highest BCUT2D eigenvalue weighted by Crippen LogP contribution is 2.17. The molecule has 0 aromatic carbocycles. The minimum Gasteiger partial charge on any atom is -0.478 e. The van der Waals surface area contributed by atoms with Gasteiger partial charge >= 0.3 is 0 Å². The molecule has 0 atom stereocenters. The summed E-state index contributed by atoms with van der Waals surface area (Å²) in [4.78, 5) is 13.6. The number of pyridine rings is 1. The number of guanidine groups is 1. The fraction of sp³-hybridized carbons (Fsp3) is 0.526. The van der Waals surface area contributed by atoms with Gasteiger partial charge in [0.05, 0.1) is 25.4 Å². The van der Waals surface area contributed by atoms with Crippen molar-refractivity contribution in [3.63, 3.8) is 0 Å². The number of thiazole rings is 1. The van der Waals surface area contributed by atoms with Crippen LogP contribution in [0.25, 0.3) is 0 Å². The predicted octanol–water partition coefficient (Wildman–Crippen LogP) is 3.71. The quantitative estimate of drug-likeness (QED) is 0.516. The Morgan fingerprint density at radius 2 is 2.12 bits per heavy atom. The lowest BCUT2D eigenvalue weighted by Crippen LogP contribution is -2.36. The molecular formula is C19H29N5OS. The van der Waals surface area contributed by atoms with E-state index in [-0.39, 0.29) is 0 Å². The molecule has 2 rings (SSSR count). The van der Waals surface area contributed by atoms with Crippen molar-refractivity contribution in [2.24, 2.45) is 4.99 Å². The smallest absolute Gasteiger partial charge is 0.213 e. The van der Waals surface area contributed by atoms with Crippen LogP contribution in [0.2, 0.25) is 0 Å². The molecule has 26 heavy (non-hydrogen) atoms. The summed E-state index contributed by atoms with van der Waals surface area (Å²) < 4.78 is 5.50. The normalized spacial score (nSPS) is 11.7. The molecule has 2 N–H and O–H groups in total. The lowest BCUT2D eigenvalue weighted by atomic mass is 10.2. The molecule has 7 heteroatoms. The summed E-state index contributed by atoms with van der Waals surface area (Å²) in [6.45, 7) is 11.2. The molecule has 142 valence electrons. The maximum absolute atomic E-state index is 5.50. The molecule has 2 heterocycles. The molecule has 0 saturated carbocycles. The van der Waals surface area contributed by atoms with E-state index in [9.17, 15) is 0 Å². The number of nitrogens with zero attached hydrogens (tertiary/aromatic N) is 3. The summed E-state index contributed by atoms with van der Waals surface area (Å²) in [5, 5.41) is 9.80. The van der Waals surface area contributed by atoms with E-state index in [0.29, 0.717) is 31.5 Å². The van der Waals surface area contributed by atoms with Crippen molar-refractivity contribution in [3.05, 3.63) is 40.0 Å². The fourth-order valence-corrected chi connectivity index (χ4v) is 3.03. The average Bonchev–Trinajstić information content (AvgIpc) is 3.12. The first-order valence-electron chi connectivity index (χ1n) is 9.16. The maximum atomic E-state index is 5.50. The number of aromatic nitrogens is 2. The first-order valence-corrected chi connectivity index (χ1v) is 10.0. The first-order chi connectivity index (χ1) is 12.6. The topological polar surface area (TPSA) is 71.4 Å². The van der Waals surface area contributed by atoms with E-state index in [2.05, 4.69) is 58.7 Å². The van der Waals surface area contributed by atoms with Gasteiger partial charge in [0.15, 0.2) is 5.96 Å². The Bertz CT molecular complexity index is 681. The third-order valence-electron chi connectivity index (χ3n) is 3.58. The van der Waals surface area contributed by atoms with Gasteiger partial charge in [0, 0.05) is 24.2 Å². The van der Waals surface area contributed by atoms with Crippen molar-refractivity contribution in [1.29, 1.82) is 0 Å². The SMILES string of the molecule is CCCOc1ccc(CN=C(NCC)NCc2nc(C(C)C)cs2)cn1. The maximum Gasteiger partial charge on any atom is 0.213 e. The molecule has 0 bridgehead atoms. The number of hydrogen-bond donors (Lipinski definition) is 2. The van der Waals surface area contributed by atoms with Crippen LogP contribution in [0.15, 0.2) is 28.7 Å². The van der Waals surface area contributed by atoms with Gasteiger partial charge < -0.3 is 15.4 Å². The third kappa shape index (κ3) is 6.63. The van der Waals surface area contributed by atoms with Crippen molar-refractivity contribution in [2.75, 3.05) is 13.2 Å². The van der Waals surface area contributed by atoms with Crippen LogP contribution in [0, 0.1) is 0 Å². The molecule has 6 nitrogen and oxygen atoms in total. The molecule has 0 amide bonds. The molecule has 0 aliphatic rings. The summed E-state index contributed by atoms with van der Waals surface area (Å²) in [5.41, 5.74) is 2.19. The Balaban J connectivity index is 1.90. The van der Waals surface area contributed by atoms with Gasteiger partial charge in [-0.3, -0.25) is 0 Å². The van der Waals surface area contributed by atoms with E-state index in [0.717, 1.165) is 35.2 Å². The van der Waals surface area contributed by atoms with E-state index in [4.69, 9.17) is 4.74 Å². The van der Waals surface area contributed by atoms with E-state index >= 15 is 0 Å². The summed E-state index contributed by atoms with van der Waals surface area (Å²) in [7, 11) is 0. The Labute approximate surface area is 160 Å². The van der Waals surface area contributed by atoms with E-state index in [1.807, 2.05) is 18.3 Å². The Morgan fingerprint density at radius 1 is 1.27 bits per heavy atom. The van der Waals surface area contributed by atoms with E-state index in [1.54, 1.807) is 11.3 Å².